The highest BCUT2D eigenvalue weighted by Gasteiger charge is 2.43. The average molecular weight is 945 g/mol. The molecule has 2 aliphatic rings. The van der Waals surface area contributed by atoms with Crippen LogP contribution in [0.4, 0.5) is 0 Å². The molecule has 8 N–H and O–H groups in total. The van der Waals surface area contributed by atoms with Gasteiger partial charge in [-0.2, -0.15) is 0 Å². The molecule has 2 heterocycles. The van der Waals surface area contributed by atoms with Gasteiger partial charge in [-0.1, -0.05) is 102 Å². The first-order chi connectivity index (χ1) is 32.2. The number of hydrogen-bond donors (Lipinski definition) is 8. The molecule has 0 saturated carbocycles. The Morgan fingerprint density at radius 3 is 1.53 bits per heavy atom. The average Bonchev–Trinajstić information content (AvgIpc) is 4.01. The van der Waals surface area contributed by atoms with Crippen LogP contribution in [-0.2, 0) is 33.6 Å². The third-order valence-electron chi connectivity index (χ3n) is 13.1. The summed E-state index contributed by atoms with van der Waals surface area (Å²) in [6.07, 6.45) is 3.27. The lowest BCUT2D eigenvalue weighted by molar-refractivity contribution is -0.144. The SMILES string of the molecule is CN[C@@H](C)C(=O)N[C@H](C(=O)N1CCCC1CN[C@H](CNC(=O)CCCC(=O)NC[C@@H](NC(=O)C1CCCN1C(=O)[C@@H](NC(=O)[C@H](C)NC)C(C)(C)C)c1ccccc1)c1ccccc1)C(C)(C)C. The lowest BCUT2D eigenvalue weighted by Gasteiger charge is -2.36. The lowest BCUT2D eigenvalue weighted by Crippen LogP contribution is -2.59. The first kappa shape index (κ1) is 55.2. The van der Waals surface area contributed by atoms with Crippen LogP contribution in [-0.4, -0.2) is 134 Å². The fourth-order valence-corrected chi connectivity index (χ4v) is 8.56. The van der Waals surface area contributed by atoms with Crippen molar-refractivity contribution < 1.29 is 33.6 Å². The molecule has 68 heavy (non-hydrogen) atoms. The van der Waals surface area contributed by atoms with Crippen molar-refractivity contribution in [3.8, 4) is 0 Å². The minimum absolute atomic E-state index is 0.0929. The topological polar surface area (TPSA) is 222 Å². The second-order valence-electron chi connectivity index (χ2n) is 20.5. The van der Waals surface area contributed by atoms with Gasteiger partial charge in [-0.25, -0.2) is 0 Å². The number of nitrogens with zero attached hydrogens (tertiary/aromatic N) is 2. The minimum Gasteiger partial charge on any atom is -0.354 e. The van der Waals surface area contributed by atoms with Crippen molar-refractivity contribution in [1.29, 1.82) is 0 Å². The van der Waals surface area contributed by atoms with Crippen LogP contribution in [0.2, 0.25) is 0 Å². The van der Waals surface area contributed by atoms with Gasteiger partial charge in [0.1, 0.15) is 18.1 Å². The monoisotopic (exact) mass is 945 g/mol. The minimum atomic E-state index is -0.846. The second-order valence-corrected chi connectivity index (χ2v) is 20.5. The zero-order valence-corrected chi connectivity index (χ0v) is 42.1. The van der Waals surface area contributed by atoms with Crippen LogP contribution >= 0.6 is 0 Å². The number of carbonyl (C=O) groups is 7. The van der Waals surface area contributed by atoms with E-state index in [1.54, 1.807) is 32.8 Å². The molecule has 0 radical (unpaired) electrons. The number of likely N-dealkylation sites (tertiary alicyclic amines) is 2. The molecule has 2 aromatic rings. The Morgan fingerprint density at radius 1 is 0.603 bits per heavy atom. The molecular formula is C51H80N10O7. The predicted molar refractivity (Wildman–Crippen MR) is 264 cm³/mol. The van der Waals surface area contributed by atoms with Crippen LogP contribution in [0.5, 0.6) is 0 Å². The largest absolute Gasteiger partial charge is 0.354 e. The summed E-state index contributed by atoms with van der Waals surface area (Å²) in [5.74, 6) is -1.77. The molecule has 17 nitrogen and oxygen atoms in total. The number of nitrogens with one attached hydrogen (secondary N) is 8. The summed E-state index contributed by atoms with van der Waals surface area (Å²) in [4.78, 5) is 97.5. The van der Waals surface area contributed by atoms with E-state index in [0.29, 0.717) is 45.4 Å². The summed E-state index contributed by atoms with van der Waals surface area (Å²) in [6.45, 7) is 16.8. The fraction of sp³-hybridized carbons (Fsp3) is 0.627. The van der Waals surface area contributed by atoms with E-state index < -0.39 is 47.1 Å². The Kier molecular flexibility index (Phi) is 21.0. The Hall–Kier alpha value is -5.39. The number of carbonyl (C=O) groups excluding carboxylic acids is 7. The molecule has 0 spiro atoms. The predicted octanol–water partition coefficient (Wildman–Crippen LogP) is 2.84. The number of amides is 7. The normalized spacial score (nSPS) is 18.9. The van der Waals surface area contributed by atoms with Crippen molar-refractivity contribution in [2.75, 3.05) is 46.8 Å². The van der Waals surface area contributed by atoms with E-state index in [9.17, 15) is 33.6 Å². The molecule has 2 aliphatic heterocycles. The maximum Gasteiger partial charge on any atom is 0.246 e. The molecular weight excluding hydrogens is 865 g/mol. The van der Waals surface area contributed by atoms with Crippen molar-refractivity contribution >= 4 is 41.4 Å². The van der Waals surface area contributed by atoms with Gasteiger partial charge in [0.05, 0.1) is 18.1 Å². The van der Waals surface area contributed by atoms with Gasteiger partial charge in [0.2, 0.25) is 41.4 Å². The summed E-state index contributed by atoms with van der Waals surface area (Å²) < 4.78 is 0. The van der Waals surface area contributed by atoms with Gasteiger partial charge in [0.25, 0.3) is 0 Å². The van der Waals surface area contributed by atoms with Crippen LogP contribution in [0.15, 0.2) is 60.7 Å². The first-order valence-electron chi connectivity index (χ1n) is 24.4. The molecule has 4 rings (SSSR count). The Bertz CT molecular complexity index is 1990. The Balaban J connectivity index is 1.31. The van der Waals surface area contributed by atoms with Crippen LogP contribution in [0.25, 0.3) is 0 Å². The zero-order valence-electron chi connectivity index (χ0n) is 42.1. The van der Waals surface area contributed by atoms with E-state index in [1.165, 1.54) is 0 Å². The third kappa shape index (κ3) is 16.1. The smallest absolute Gasteiger partial charge is 0.246 e. The van der Waals surface area contributed by atoms with E-state index >= 15 is 0 Å². The van der Waals surface area contributed by atoms with E-state index in [2.05, 4.69) is 42.5 Å². The van der Waals surface area contributed by atoms with Gasteiger partial charge in [-0.15, -0.1) is 0 Å². The Morgan fingerprint density at radius 2 is 1.04 bits per heavy atom. The summed E-state index contributed by atoms with van der Waals surface area (Å²) in [6, 6.07) is 14.9. The molecule has 0 aromatic heterocycles. The van der Waals surface area contributed by atoms with Crippen molar-refractivity contribution in [2.24, 2.45) is 10.8 Å². The van der Waals surface area contributed by atoms with Gasteiger partial charge in [0, 0.05) is 57.6 Å². The number of benzene rings is 2. The van der Waals surface area contributed by atoms with Crippen LogP contribution in [0, 0.1) is 10.8 Å². The summed E-state index contributed by atoms with van der Waals surface area (Å²) in [5, 5.41) is 24.4. The molecule has 2 saturated heterocycles. The van der Waals surface area contributed by atoms with Crippen LogP contribution in [0.1, 0.15) is 124 Å². The van der Waals surface area contributed by atoms with Crippen molar-refractivity contribution in [1.82, 2.24) is 52.3 Å². The number of likely N-dealkylation sites (N-methyl/N-ethyl adjacent to an activating group) is 2. The van der Waals surface area contributed by atoms with E-state index in [1.807, 2.05) is 107 Å². The highest BCUT2D eigenvalue weighted by molar-refractivity contribution is 5.94. The quantitative estimate of drug-likeness (QED) is 0.0815. The first-order valence-corrected chi connectivity index (χ1v) is 24.4. The highest BCUT2D eigenvalue weighted by Crippen LogP contribution is 2.28. The summed E-state index contributed by atoms with van der Waals surface area (Å²) in [5.41, 5.74) is 0.640. The molecule has 2 fully saturated rings. The fourth-order valence-electron chi connectivity index (χ4n) is 8.56. The summed E-state index contributed by atoms with van der Waals surface area (Å²) in [7, 11) is 3.38. The third-order valence-corrected chi connectivity index (χ3v) is 13.1. The molecule has 7 amide bonds. The molecule has 0 bridgehead atoms. The number of hydrogen-bond acceptors (Lipinski definition) is 10. The highest BCUT2D eigenvalue weighted by atomic mass is 16.2. The lowest BCUT2D eigenvalue weighted by atomic mass is 9.85. The zero-order chi connectivity index (χ0) is 50.2. The summed E-state index contributed by atoms with van der Waals surface area (Å²) >= 11 is 0. The van der Waals surface area contributed by atoms with Crippen molar-refractivity contribution in [3.05, 3.63) is 71.8 Å². The molecule has 2 unspecified atom stereocenters. The Labute approximate surface area is 404 Å². The molecule has 0 aliphatic carbocycles. The molecule has 8 atom stereocenters. The van der Waals surface area contributed by atoms with Crippen molar-refractivity contribution in [2.45, 2.75) is 149 Å². The number of rotatable bonds is 23. The van der Waals surface area contributed by atoms with Gasteiger partial charge in [-0.05, 0) is 82.0 Å². The molecule has 17 heteroatoms. The van der Waals surface area contributed by atoms with Gasteiger partial charge in [0.15, 0.2) is 0 Å². The van der Waals surface area contributed by atoms with Gasteiger partial charge >= 0.3 is 0 Å². The van der Waals surface area contributed by atoms with E-state index in [-0.39, 0.29) is 72.8 Å². The van der Waals surface area contributed by atoms with Gasteiger partial charge < -0.3 is 52.3 Å². The standard InChI is InChI=1S/C51H80N10O7/c1-33(52-9)45(64)58-43(50(3,4)5)48(67)60-28-18-24-37(60)30-54-38(35-20-13-11-14-21-35)31-55-41(62)26-17-27-42(63)56-32-39(36-22-15-12-16-23-36)57-47(66)40-25-19-29-61(40)49(68)44(51(6,7)8)59-46(65)34(2)53-10/h11-16,20-23,33-34,37-40,43-44,52-54H,17-19,24-32H2,1-10H3,(H,55,62)(H,56,63)(H,57,66)(H,58,64)(H,59,65)/t33-,34-,37?,38+,39+,40?,43+,44+/m0/s1. The second kappa shape index (κ2) is 25.8. The molecule has 376 valence electrons. The maximum atomic E-state index is 14.0. The van der Waals surface area contributed by atoms with E-state index in [0.717, 1.165) is 24.0 Å². The van der Waals surface area contributed by atoms with E-state index in [4.69, 9.17) is 0 Å². The maximum absolute atomic E-state index is 14.0. The van der Waals surface area contributed by atoms with Crippen molar-refractivity contribution in [3.63, 3.8) is 0 Å². The molecule has 2 aromatic carbocycles. The van der Waals surface area contributed by atoms with Crippen LogP contribution < -0.4 is 42.5 Å². The van der Waals surface area contributed by atoms with Crippen LogP contribution in [0.3, 0.4) is 0 Å². The van der Waals surface area contributed by atoms with Gasteiger partial charge in [-0.3, -0.25) is 33.6 Å².